The first kappa shape index (κ1) is 17.5. The lowest BCUT2D eigenvalue weighted by atomic mass is 9.85. The summed E-state index contributed by atoms with van der Waals surface area (Å²) in [5.41, 5.74) is 0.950. The van der Waals surface area contributed by atoms with Crippen molar-refractivity contribution in [3.8, 4) is 5.75 Å². The molecule has 0 radical (unpaired) electrons. The van der Waals surface area contributed by atoms with Crippen LogP contribution >= 0.6 is 12.4 Å². The normalized spacial score (nSPS) is 30.3. The monoisotopic (exact) mass is 352 g/mol. The number of hydrogen-bond acceptors (Lipinski definition) is 4. The van der Waals surface area contributed by atoms with E-state index in [1.807, 2.05) is 24.3 Å². The lowest BCUT2D eigenvalue weighted by Gasteiger charge is -2.40. The summed E-state index contributed by atoms with van der Waals surface area (Å²) in [5, 5.41) is 15.9. The van der Waals surface area contributed by atoms with Crippen LogP contribution in [0.2, 0.25) is 0 Å². The smallest absolute Gasteiger partial charge is 0.237 e. The van der Waals surface area contributed by atoms with Crippen LogP contribution in [0.1, 0.15) is 50.1 Å². The minimum absolute atomic E-state index is 0. The van der Waals surface area contributed by atoms with E-state index in [2.05, 4.69) is 10.6 Å². The highest BCUT2D eigenvalue weighted by Gasteiger charge is 2.44. The summed E-state index contributed by atoms with van der Waals surface area (Å²) in [5.74, 6) is 0.891. The van der Waals surface area contributed by atoms with Crippen molar-refractivity contribution in [2.45, 2.75) is 62.3 Å². The fourth-order valence-electron chi connectivity index (χ4n) is 4.26. The average Bonchev–Trinajstić information content (AvgIpc) is 3.17. The second kappa shape index (κ2) is 6.90. The zero-order valence-corrected chi connectivity index (χ0v) is 14.5. The molecule has 1 spiro atoms. The standard InChI is InChI=1S/C18H24N2O3.ClH/c21-12-9-14(19-11-12)17(22)20-15-10-18(7-3-4-8-18)23-16-6-2-1-5-13(15)16;/h1-2,5-6,12,14-15,19,21H,3-4,7-11H2,(H,20,22);1H. The van der Waals surface area contributed by atoms with Gasteiger partial charge in [0.05, 0.1) is 18.2 Å². The number of fused-ring (bicyclic) bond motifs is 1. The quantitative estimate of drug-likeness (QED) is 0.762. The van der Waals surface area contributed by atoms with Crippen molar-refractivity contribution in [1.82, 2.24) is 10.6 Å². The number of hydrogen-bond donors (Lipinski definition) is 3. The maximum absolute atomic E-state index is 12.5. The molecule has 1 amide bonds. The molecule has 2 aliphatic heterocycles. The highest BCUT2D eigenvalue weighted by molar-refractivity contribution is 5.85. The van der Waals surface area contributed by atoms with Crippen LogP contribution in [0.25, 0.3) is 0 Å². The van der Waals surface area contributed by atoms with Gasteiger partial charge in [-0.15, -0.1) is 12.4 Å². The molecule has 3 N–H and O–H groups in total. The number of aliphatic hydroxyl groups excluding tert-OH is 1. The number of amides is 1. The summed E-state index contributed by atoms with van der Waals surface area (Å²) >= 11 is 0. The minimum atomic E-state index is -0.422. The molecule has 3 unspecified atom stereocenters. The Morgan fingerprint density at radius 2 is 2.04 bits per heavy atom. The van der Waals surface area contributed by atoms with Gasteiger partial charge in [0.1, 0.15) is 11.4 Å². The number of para-hydroxylation sites is 1. The molecule has 1 saturated carbocycles. The van der Waals surface area contributed by atoms with E-state index >= 15 is 0 Å². The van der Waals surface area contributed by atoms with E-state index in [-0.39, 0.29) is 36.0 Å². The maximum atomic E-state index is 12.5. The van der Waals surface area contributed by atoms with Gasteiger partial charge in [0, 0.05) is 18.5 Å². The Balaban J connectivity index is 0.00000169. The van der Waals surface area contributed by atoms with E-state index in [0.29, 0.717) is 13.0 Å². The van der Waals surface area contributed by atoms with Gasteiger partial charge >= 0.3 is 0 Å². The topological polar surface area (TPSA) is 70.6 Å². The molecular weight excluding hydrogens is 328 g/mol. The molecule has 3 aliphatic rings. The summed E-state index contributed by atoms with van der Waals surface area (Å²) < 4.78 is 6.33. The molecule has 0 bridgehead atoms. The summed E-state index contributed by atoms with van der Waals surface area (Å²) in [4.78, 5) is 12.5. The van der Waals surface area contributed by atoms with Crippen molar-refractivity contribution in [2.24, 2.45) is 0 Å². The van der Waals surface area contributed by atoms with E-state index < -0.39 is 6.10 Å². The summed E-state index contributed by atoms with van der Waals surface area (Å²) in [6.45, 7) is 0.492. The summed E-state index contributed by atoms with van der Waals surface area (Å²) in [6, 6.07) is 7.72. The number of benzene rings is 1. The van der Waals surface area contributed by atoms with Gasteiger partial charge in [0.25, 0.3) is 0 Å². The number of carbonyl (C=O) groups is 1. The van der Waals surface area contributed by atoms with E-state index in [0.717, 1.165) is 30.6 Å². The van der Waals surface area contributed by atoms with Crippen molar-refractivity contribution in [3.63, 3.8) is 0 Å². The van der Waals surface area contributed by atoms with Gasteiger partial charge in [0.2, 0.25) is 5.91 Å². The first-order chi connectivity index (χ1) is 11.2. The summed E-state index contributed by atoms with van der Waals surface area (Å²) in [7, 11) is 0. The number of halogens is 1. The average molecular weight is 353 g/mol. The Morgan fingerprint density at radius 1 is 1.29 bits per heavy atom. The Morgan fingerprint density at radius 3 is 2.75 bits per heavy atom. The molecule has 132 valence electrons. The van der Waals surface area contributed by atoms with Crippen LogP contribution in [-0.4, -0.2) is 35.3 Å². The molecule has 1 saturated heterocycles. The fourth-order valence-corrected chi connectivity index (χ4v) is 4.26. The van der Waals surface area contributed by atoms with Crippen molar-refractivity contribution in [1.29, 1.82) is 0 Å². The van der Waals surface area contributed by atoms with Crippen molar-refractivity contribution >= 4 is 18.3 Å². The minimum Gasteiger partial charge on any atom is -0.487 e. The molecule has 3 atom stereocenters. The first-order valence-electron chi connectivity index (χ1n) is 8.65. The van der Waals surface area contributed by atoms with Gasteiger partial charge in [-0.2, -0.15) is 0 Å². The molecule has 1 aromatic rings. The molecule has 4 rings (SSSR count). The van der Waals surface area contributed by atoms with Gasteiger partial charge in [0.15, 0.2) is 0 Å². The molecule has 1 aromatic carbocycles. The number of nitrogens with one attached hydrogen (secondary N) is 2. The maximum Gasteiger partial charge on any atom is 0.237 e. The Hall–Kier alpha value is -1.30. The number of ether oxygens (including phenoxy) is 1. The van der Waals surface area contributed by atoms with Crippen LogP contribution in [0.15, 0.2) is 24.3 Å². The lowest BCUT2D eigenvalue weighted by Crippen LogP contribution is -2.47. The third-order valence-electron chi connectivity index (χ3n) is 5.45. The van der Waals surface area contributed by atoms with Crippen LogP contribution < -0.4 is 15.4 Å². The van der Waals surface area contributed by atoms with Gasteiger partial charge < -0.3 is 20.5 Å². The van der Waals surface area contributed by atoms with Crippen molar-refractivity contribution in [2.75, 3.05) is 6.54 Å². The second-order valence-corrected chi connectivity index (χ2v) is 7.15. The predicted molar refractivity (Wildman–Crippen MR) is 93.4 cm³/mol. The van der Waals surface area contributed by atoms with E-state index in [9.17, 15) is 9.90 Å². The van der Waals surface area contributed by atoms with Crippen molar-refractivity contribution in [3.05, 3.63) is 29.8 Å². The second-order valence-electron chi connectivity index (χ2n) is 7.15. The predicted octanol–water partition coefficient (Wildman–Crippen LogP) is 2.08. The van der Waals surface area contributed by atoms with Gasteiger partial charge in [-0.25, -0.2) is 0 Å². The van der Waals surface area contributed by atoms with Crippen LogP contribution in [0.3, 0.4) is 0 Å². The molecular formula is C18H25ClN2O3. The molecule has 6 heteroatoms. The summed E-state index contributed by atoms with van der Waals surface area (Å²) in [6.07, 6.45) is 5.42. The number of carbonyl (C=O) groups excluding carboxylic acids is 1. The molecule has 2 heterocycles. The fraction of sp³-hybridized carbons (Fsp3) is 0.611. The third-order valence-corrected chi connectivity index (χ3v) is 5.45. The molecule has 0 aromatic heterocycles. The highest BCUT2D eigenvalue weighted by Crippen LogP contribution is 2.47. The molecule has 2 fully saturated rings. The number of aliphatic hydroxyl groups is 1. The van der Waals surface area contributed by atoms with Gasteiger partial charge in [-0.1, -0.05) is 18.2 Å². The van der Waals surface area contributed by atoms with E-state index in [1.54, 1.807) is 0 Å². The first-order valence-corrected chi connectivity index (χ1v) is 8.65. The molecule has 1 aliphatic carbocycles. The Bertz CT molecular complexity index is 604. The number of β-amino-alcohol motifs (C(OH)–C–C–N with tert-alkyl or cyclic N) is 1. The van der Waals surface area contributed by atoms with Gasteiger partial charge in [-0.05, 0) is 38.2 Å². The van der Waals surface area contributed by atoms with E-state index in [4.69, 9.17) is 4.74 Å². The van der Waals surface area contributed by atoms with Crippen LogP contribution in [0, 0.1) is 0 Å². The van der Waals surface area contributed by atoms with Gasteiger partial charge in [-0.3, -0.25) is 4.79 Å². The largest absolute Gasteiger partial charge is 0.487 e. The zero-order chi connectivity index (χ0) is 15.9. The third kappa shape index (κ3) is 3.25. The zero-order valence-electron chi connectivity index (χ0n) is 13.7. The van der Waals surface area contributed by atoms with Crippen LogP contribution in [0.4, 0.5) is 0 Å². The Labute approximate surface area is 148 Å². The van der Waals surface area contributed by atoms with E-state index in [1.165, 1.54) is 12.8 Å². The van der Waals surface area contributed by atoms with Crippen LogP contribution in [-0.2, 0) is 4.79 Å². The lowest BCUT2D eigenvalue weighted by molar-refractivity contribution is -0.124. The molecule has 24 heavy (non-hydrogen) atoms. The SMILES string of the molecule is Cl.O=C(NC1CC2(CCCC2)Oc2ccccc21)C1CC(O)CN1. The Kier molecular flexibility index (Phi) is 5.04. The molecule has 5 nitrogen and oxygen atoms in total. The highest BCUT2D eigenvalue weighted by atomic mass is 35.5. The van der Waals surface area contributed by atoms with Crippen LogP contribution in [0.5, 0.6) is 5.75 Å². The number of rotatable bonds is 2. The van der Waals surface area contributed by atoms with Crippen molar-refractivity contribution < 1.29 is 14.6 Å².